The number of carbonyl (C=O) groups is 1. The summed E-state index contributed by atoms with van der Waals surface area (Å²) in [7, 11) is 0. The maximum Gasteiger partial charge on any atom is 0.279 e. The molecule has 5 heteroatoms. The summed E-state index contributed by atoms with van der Waals surface area (Å²) in [6.45, 7) is 12.7. The Balaban J connectivity index is 1.46. The SMILES string of the molecule is C=CC1C[N@+]2(CC(=O)Nc3ccccc3C(C)(C)C)CCC1CC2C(O)c1ccnc2ccccc12. The van der Waals surface area contributed by atoms with Crippen LogP contribution in [-0.2, 0) is 10.2 Å². The average Bonchev–Trinajstić information content (AvgIpc) is 2.87. The summed E-state index contributed by atoms with van der Waals surface area (Å²) in [6.07, 6.45) is 5.13. The fourth-order valence-electron chi connectivity index (χ4n) is 6.69. The summed E-state index contributed by atoms with van der Waals surface area (Å²) in [4.78, 5) is 18.1. The van der Waals surface area contributed by atoms with Crippen molar-refractivity contribution < 1.29 is 14.4 Å². The van der Waals surface area contributed by atoms with Crippen LogP contribution in [0, 0.1) is 11.8 Å². The molecule has 5 nitrogen and oxygen atoms in total. The second-order valence-corrected chi connectivity index (χ2v) is 11.7. The van der Waals surface area contributed by atoms with Crippen molar-refractivity contribution >= 4 is 22.5 Å². The minimum Gasteiger partial charge on any atom is -0.382 e. The van der Waals surface area contributed by atoms with Gasteiger partial charge in [0.05, 0.1) is 18.6 Å². The standard InChI is InChI=1S/C31H37N3O2/c1-5-21-19-34(20-29(35)33-27-13-9-7-11-25(27)31(2,3)4)17-15-22(21)18-28(34)30(36)24-14-16-32-26-12-8-6-10-23(24)26/h5-14,16,21-22,28,30,36H,1,15,17-20H2,2-4H3/p+1/t21?,22?,28?,30?,34-/m0/s1. The van der Waals surface area contributed by atoms with E-state index in [0.29, 0.717) is 22.9 Å². The molecule has 3 aromatic rings. The summed E-state index contributed by atoms with van der Waals surface area (Å²) in [5, 5.41) is 16.1. The molecule has 0 radical (unpaired) electrons. The van der Waals surface area contributed by atoms with Gasteiger partial charge in [-0.2, -0.15) is 0 Å². The van der Waals surface area contributed by atoms with Crippen molar-refractivity contribution in [1.29, 1.82) is 0 Å². The highest BCUT2D eigenvalue weighted by Gasteiger charge is 2.54. The number of quaternary nitrogens is 1. The number of aromatic nitrogens is 1. The predicted molar refractivity (Wildman–Crippen MR) is 146 cm³/mol. The second kappa shape index (κ2) is 9.45. The van der Waals surface area contributed by atoms with E-state index >= 15 is 0 Å². The monoisotopic (exact) mass is 484 g/mol. The Morgan fingerprint density at radius 3 is 2.72 bits per heavy atom. The minimum absolute atomic E-state index is 0.00616. The smallest absolute Gasteiger partial charge is 0.279 e. The molecule has 2 N–H and O–H groups in total. The highest BCUT2D eigenvalue weighted by molar-refractivity contribution is 5.92. The molecular formula is C31H38N3O2+. The Morgan fingerprint density at radius 2 is 1.94 bits per heavy atom. The van der Waals surface area contributed by atoms with Gasteiger partial charge in [0, 0.05) is 36.0 Å². The van der Waals surface area contributed by atoms with Gasteiger partial charge in [-0.15, -0.1) is 6.58 Å². The topological polar surface area (TPSA) is 62.2 Å². The number of anilines is 1. The highest BCUT2D eigenvalue weighted by Crippen LogP contribution is 2.47. The Hall–Kier alpha value is -3.02. The number of amides is 1. The summed E-state index contributed by atoms with van der Waals surface area (Å²) >= 11 is 0. The molecule has 2 bridgehead atoms. The molecule has 0 aliphatic carbocycles. The summed E-state index contributed by atoms with van der Waals surface area (Å²) < 4.78 is 0.592. The first-order chi connectivity index (χ1) is 17.2. The van der Waals surface area contributed by atoms with Crippen molar-refractivity contribution in [3.63, 3.8) is 0 Å². The Labute approximate surface area is 214 Å². The van der Waals surface area contributed by atoms with Crippen molar-refractivity contribution in [3.05, 3.63) is 84.6 Å². The van der Waals surface area contributed by atoms with E-state index in [-0.39, 0.29) is 17.4 Å². The predicted octanol–water partition coefficient (Wildman–Crippen LogP) is 5.62. The van der Waals surface area contributed by atoms with Crippen LogP contribution in [-0.4, -0.2) is 46.2 Å². The van der Waals surface area contributed by atoms with Gasteiger partial charge in [0.2, 0.25) is 0 Å². The number of fused-ring (bicyclic) bond motifs is 4. The largest absolute Gasteiger partial charge is 0.382 e. The van der Waals surface area contributed by atoms with E-state index in [2.05, 4.69) is 49.8 Å². The number of pyridine rings is 1. The van der Waals surface area contributed by atoms with E-state index in [9.17, 15) is 9.90 Å². The number of carbonyl (C=O) groups excluding carboxylic acids is 1. The van der Waals surface area contributed by atoms with E-state index in [1.165, 1.54) is 0 Å². The fraction of sp³-hybridized carbons (Fsp3) is 0.419. The van der Waals surface area contributed by atoms with Gasteiger partial charge in [-0.25, -0.2) is 0 Å². The first kappa shape index (κ1) is 24.7. The number of rotatable bonds is 6. The first-order valence-electron chi connectivity index (χ1n) is 13.1. The minimum atomic E-state index is -0.666. The normalized spacial score (nSPS) is 26.5. The van der Waals surface area contributed by atoms with Crippen molar-refractivity contribution in [2.75, 3.05) is 25.0 Å². The molecule has 4 unspecified atom stereocenters. The van der Waals surface area contributed by atoms with Crippen LogP contribution in [0.1, 0.15) is 50.8 Å². The van der Waals surface area contributed by atoms with Crippen LogP contribution in [0.25, 0.3) is 10.9 Å². The molecule has 0 saturated carbocycles. The van der Waals surface area contributed by atoms with Crippen LogP contribution in [0.4, 0.5) is 5.69 Å². The lowest BCUT2D eigenvalue weighted by molar-refractivity contribution is -0.966. The summed E-state index contributed by atoms with van der Waals surface area (Å²) in [6, 6.07) is 17.9. The third-order valence-electron chi connectivity index (χ3n) is 8.51. The number of hydrogen-bond acceptors (Lipinski definition) is 3. The quantitative estimate of drug-likeness (QED) is 0.353. The zero-order valence-electron chi connectivity index (χ0n) is 21.7. The molecule has 36 heavy (non-hydrogen) atoms. The molecule has 3 saturated heterocycles. The fourth-order valence-corrected chi connectivity index (χ4v) is 6.69. The van der Waals surface area contributed by atoms with Gasteiger partial charge in [-0.3, -0.25) is 9.78 Å². The molecule has 3 aliphatic heterocycles. The van der Waals surface area contributed by atoms with Gasteiger partial charge in [0.1, 0.15) is 12.1 Å². The lowest BCUT2D eigenvalue weighted by Gasteiger charge is -2.57. The van der Waals surface area contributed by atoms with E-state index in [4.69, 9.17) is 0 Å². The molecule has 1 aromatic heterocycles. The Morgan fingerprint density at radius 1 is 1.19 bits per heavy atom. The molecule has 4 heterocycles. The molecule has 1 amide bonds. The number of hydrogen-bond donors (Lipinski definition) is 2. The van der Waals surface area contributed by atoms with E-state index in [1.807, 2.05) is 48.5 Å². The number of aliphatic hydroxyl groups excluding tert-OH is 1. The molecule has 6 rings (SSSR count). The van der Waals surface area contributed by atoms with Gasteiger partial charge < -0.3 is 14.9 Å². The lowest BCUT2D eigenvalue weighted by atomic mass is 9.71. The lowest BCUT2D eigenvalue weighted by Crippen LogP contribution is -2.69. The third-order valence-corrected chi connectivity index (χ3v) is 8.51. The van der Waals surface area contributed by atoms with Gasteiger partial charge in [0.15, 0.2) is 6.54 Å². The first-order valence-corrected chi connectivity index (χ1v) is 13.1. The van der Waals surface area contributed by atoms with Gasteiger partial charge in [-0.05, 0) is 40.7 Å². The second-order valence-electron chi connectivity index (χ2n) is 11.7. The van der Waals surface area contributed by atoms with Gasteiger partial charge in [0.25, 0.3) is 5.91 Å². The number of nitrogens with one attached hydrogen (secondary N) is 1. The number of benzene rings is 2. The van der Waals surface area contributed by atoms with Crippen molar-refractivity contribution in [1.82, 2.24) is 4.98 Å². The van der Waals surface area contributed by atoms with Crippen LogP contribution in [0.15, 0.2) is 73.4 Å². The van der Waals surface area contributed by atoms with Crippen molar-refractivity contribution in [2.24, 2.45) is 11.8 Å². The molecule has 3 aliphatic rings. The zero-order valence-corrected chi connectivity index (χ0v) is 21.7. The van der Waals surface area contributed by atoms with E-state index < -0.39 is 6.10 Å². The maximum atomic E-state index is 13.6. The van der Waals surface area contributed by atoms with Crippen molar-refractivity contribution in [3.8, 4) is 0 Å². The van der Waals surface area contributed by atoms with Crippen LogP contribution in [0.2, 0.25) is 0 Å². The van der Waals surface area contributed by atoms with Crippen LogP contribution in [0.3, 0.4) is 0 Å². The highest BCUT2D eigenvalue weighted by atomic mass is 16.3. The van der Waals surface area contributed by atoms with Crippen LogP contribution < -0.4 is 5.32 Å². The van der Waals surface area contributed by atoms with Gasteiger partial charge >= 0.3 is 0 Å². The maximum absolute atomic E-state index is 13.6. The van der Waals surface area contributed by atoms with E-state index in [1.54, 1.807) is 6.20 Å². The average molecular weight is 485 g/mol. The molecular weight excluding hydrogens is 446 g/mol. The Bertz CT molecular complexity index is 1270. The van der Waals surface area contributed by atoms with Gasteiger partial charge in [-0.1, -0.05) is 63.2 Å². The molecule has 0 spiro atoms. The van der Waals surface area contributed by atoms with E-state index in [0.717, 1.165) is 53.6 Å². The summed E-state index contributed by atoms with van der Waals surface area (Å²) in [5.74, 6) is 0.873. The zero-order chi connectivity index (χ0) is 25.5. The molecule has 188 valence electrons. The van der Waals surface area contributed by atoms with Crippen LogP contribution >= 0.6 is 0 Å². The molecule has 2 aromatic carbocycles. The number of aliphatic hydroxyl groups is 1. The number of para-hydroxylation sites is 2. The molecule has 5 atom stereocenters. The molecule has 3 fully saturated rings. The summed E-state index contributed by atoms with van der Waals surface area (Å²) in [5.41, 5.74) is 3.72. The number of nitrogens with zero attached hydrogens (tertiary/aromatic N) is 2. The van der Waals surface area contributed by atoms with Crippen LogP contribution in [0.5, 0.6) is 0 Å². The Kier molecular flexibility index (Phi) is 6.48. The number of piperidine rings is 3. The van der Waals surface area contributed by atoms with Crippen molar-refractivity contribution in [2.45, 2.75) is 51.2 Å². The third kappa shape index (κ3) is 4.46.